The summed E-state index contributed by atoms with van der Waals surface area (Å²) in [6.45, 7) is 3.71. The van der Waals surface area contributed by atoms with Crippen molar-refractivity contribution in [1.29, 1.82) is 0 Å². The van der Waals surface area contributed by atoms with Gasteiger partial charge < -0.3 is 9.84 Å². The number of nitrogens with zero attached hydrogens (tertiary/aromatic N) is 2. The second-order valence-electron chi connectivity index (χ2n) is 6.74. The van der Waals surface area contributed by atoms with E-state index in [4.69, 9.17) is 9.84 Å². The van der Waals surface area contributed by atoms with Crippen molar-refractivity contribution < 1.29 is 19.4 Å². The van der Waals surface area contributed by atoms with Crippen LogP contribution < -0.4 is 14.9 Å². The Labute approximate surface area is 184 Å². The molecule has 1 aromatic carbocycles. The number of hydrogen-bond acceptors (Lipinski definition) is 7. The maximum absolute atomic E-state index is 13.3. The van der Waals surface area contributed by atoms with Gasteiger partial charge in [-0.1, -0.05) is 29.5 Å². The number of aromatic nitrogens is 1. The van der Waals surface area contributed by atoms with E-state index in [1.165, 1.54) is 39.4 Å². The van der Waals surface area contributed by atoms with Gasteiger partial charge in [0.15, 0.2) is 4.80 Å². The average molecular weight is 455 g/mol. The maximum atomic E-state index is 13.3. The summed E-state index contributed by atoms with van der Waals surface area (Å²) in [5.41, 5.74) is 1.48. The zero-order valence-corrected chi connectivity index (χ0v) is 18.3. The van der Waals surface area contributed by atoms with Crippen LogP contribution in [0.25, 0.3) is 6.08 Å². The minimum absolute atomic E-state index is 0.172. The first-order chi connectivity index (χ1) is 14.9. The largest absolute Gasteiger partial charge is 0.478 e. The van der Waals surface area contributed by atoms with Gasteiger partial charge in [-0.2, -0.15) is 0 Å². The molecule has 0 bridgehead atoms. The highest BCUT2D eigenvalue weighted by Gasteiger charge is 2.33. The summed E-state index contributed by atoms with van der Waals surface area (Å²) in [5.74, 6) is -1.50. The van der Waals surface area contributed by atoms with Gasteiger partial charge in [-0.3, -0.25) is 9.36 Å². The Kier molecular flexibility index (Phi) is 5.71. The van der Waals surface area contributed by atoms with Crippen LogP contribution in [0.15, 0.2) is 62.8 Å². The summed E-state index contributed by atoms with van der Waals surface area (Å²) in [7, 11) is 0. The van der Waals surface area contributed by atoms with Crippen molar-refractivity contribution >= 4 is 40.7 Å². The van der Waals surface area contributed by atoms with Crippen LogP contribution in [-0.4, -0.2) is 28.2 Å². The van der Waals surface area contributed by atoms with Crippen molar-refractivity contribution in [1.82, 2.24) is 4.57 Å². The average Bonchev–Trinajstić information content (AvgIpc) is 3.36. The van der Waals surface area contributed by atoms with E-state index < -0.39 is 18.0 Å². The number of benzene rings is 1. The van der Waals surface area contributed by atoms with E-state index in [0.29, 0.717) is 26.2 Å². The quantitative estimate of drug-likeness (QED) is 0.598. The number of rotatable bonds is 5. The van der Waals surface area contributed by atoms with E-state index in [2.05, 4.69) is 4.99 Å². The Morgan fingerprint density at radius 1 is 1.26 bits per heavy atom. The molecule has 0 amide bonds. The molecular formula is C22H18N2O5S2. The second kappa shape index (κ2) is 8.44. The van der Waals surface area contributed by atoms with E-state index >= 15 is 0 Å². The normalized spacial score (nSPS) is 16.1. The van der Waals surface area contributed by atoms with E-state index in [1.54, 1.807) is 32.1 Å². The van der Waals surface area contributed by atoms with Gasteiger partial charge in [0.05, 0.1) is 28.0 Å². The smallest absolute Gasteiger partial charge is 0.338 e. The van der Waals surface area contributed by atoms with Crippen molar-refractivity contribution in [2.24, 2.45) is 4.99 Å². The molecule has 7 nitrogen and oxygen atoms in total. The lowest BCUT2D eigenvalue weighted by molar-refractivity contribution is -0.139. The van der Waals surface area contributed by atoms with E-state index in [0.717, 1.165) is 4.88 Å². The molecule has 0 aliphatic carbocycles. The molecule has 1 aliphatic heterocycles. The lowest BCUT2D eigenvalue weighted by atomic mass is 10.0. The summed E-state index contributed by atoms with van der Waals surface area (Å²) >= 11 is 2.69. The van der Waals surface area contributed by atoms with Gasteiger partial charge in [0, 0.05) is 4.88 Å². The van der Waals surface area contributed by atoms with Crippen molar-refractivity contribution in [3.8, 4) is 0 Å². The van der Waals surface area contributed by atoms with Crippen LogP contribution >= 0.6 is 22.7 Å². The molecule has 1 atom stereocenters. The summed E-state index contributed by atoms with van der Waals surface area (Å²) in [6, 6.07) is 9.42. The number of carboxylic acids is 1. The van der Waals surface area contributed by atoms with Gasteiger partial charge in [-0.25, -0.2) is 14.6 Å². The number of esters is 1. The molecule has 9 heteroatoms. The lowest BCUT2D eigenvalue weighted by Crippen LogP contribution is -2.39. The van der Waals surface area contributed by atoms with Crippen LogP contribution in [0.1, 0.15) is 40.7 Å². The molecule has 31 heavy (non-hydrogen) atoms. The number of aromatic carboxylic acids is 1. The molecular weight excluding hydrogens is 436 g/mol. The molecule has 0 spiro atoms. The Hall–Kier alpha value is -3.30. The van der Waals surface area contributed by atoms with Gasteiger partial charge in [0.25, 0.3) is 5.56 Å². The molecule has 0 saturated heterocycles. The first kappa shape index (κ1) is 21.0. The number of allylic oxidation sites excluding steroid dienone is 1. The van der Waals surface area contributed by atoms with Crippen molar-refractivity contribution in [3.63, 3.8) is 0 Å². The predicted octanol–water partition coefficient (Wildman–Crippen LogP) is 2.56. The maximum Gasteiger partial charge on any atom is 0.338 e. The van der Waals surface area contributed by atoms with Gasteiger partial charge in [0.2, 0.25) is 0 Å². The van der Waals surface area contributed by atoms with E-state index in [1.807, 2.05) is 17.5 Å². The third-order valence-corrected chi connectivity index (χ3v) is 6.69. The third kappa shape index (κ3) is 3.89. The van der Waals surface area contributed by atoms with E-state index in [9.17, 15) is 14.4 Å². The minimum atomic E-state index is -1.01. The van der Waals surface area contributed by atoms with Gasteiger partial charge in [0.1, 0.15) is 6.04 Å². The predicted molar refractivity (Wildman–Crippen MR) is 118 cm³/mol. The SMILES string of the molecule is CCOC(=O)C1=C(C)N=c2sc(=Cc3ccc(C(=O)O)cc3)c(=O)n2[C@H]1c1cccs1. The molecule has 2 aromatic heterocycles. The highest BCUT2D eigenvalue weighted by Crippen LogP contribution is 2.33. The number of carbonyl (C=O) groups is 2. The number of thiazole rings is 1. The van der Waals surface area contributed by atoms with Crippen LogP contribution in [0.5, 0.6) is 0 Å². The molecule has 0 radical (unpaired) electrons. The molecule has 0 fully saturated rings. The number of ether oxygens (including phenoxy) is 1. The van der Waals surface area contributed by atoms with Crippen molar-refractivity contribution in [2.45, 2.75) is 19.9 Å². The Morgan fingerprint density at radius 3 is 2.61 bits per heavy atom. The van der Waals surface area contributed by atoms with Crippen LogP contribution in [-0.2, 0) is 9.53 Å². The fourth-order valence-corrected chi connectivity index (χ4v) is 5.25. The van der Waals surface area contributed by atoms with Crippen molar-refractivity contribution in [3.05, 3.63) is 88.7 Å². The van der Waals surface area contributed by atoms with Gasteiger partial charge in [-0.05, 0) is 49.1 Å². The van der Waals surface area contributed by atoms with Crippen LogP contribution in [0.2, 0.25) is 0 Å². The Balaban J connectivity index is 1.88. The number of carboxylic acid groups (broad SMARTS) is 1. The topological polar surface area (TPSA) is 98.0 Å². The van der Waals surface area contributed by atoms with Crippen molar-refractivity contribution in [2.75, 3.05) is 6.61 Å². The highest BCUT2D eigenvalue weighted by atomic mass is 32.1. The zero-order chi connectivity index (χ0) is 22.1. The minimum Gasteiger partial charge on any atom is -0.478 e. The monoisotopic (exact) mass is 454 g/mol. The molecule has 1 N–H and O–H groups in total. The fourth-order valence-electron chi connectivity index (χ4n) is 3.38. The summed E-state index contributed by atoms with van der Waals surface area (Å²) in [5, 5.41) is 11.0. The molecule has 158 valence electrons. The summed E-state index contributed by atoms with van der Waals surface area (Å²) in [4.78, 5) is 43.0. The molecule has 4 rings (SSSR count). The van der Waals surface area contributed by atoms with Gasteiger partial charge >= 0.3 is 11.9 Å². The molecule has 0 saturated carbocycles. The highest BCUT2D eigenvalue weighted by molar-refractivity contribution is 7.10. The first-order valence-electron chi connectivity index (χ1n) is 9.47. The van der Waals surface area contributed by atoms with Crippen LogP contribution in [0.3, 0.4) is 0 Å². The summed E-state index contributed by atoms with van der Waals surface area (Å²) in [6.07, 6.45) is 1.70. The molecule has 3 heterocycles. The second-order valence-corrected chi connectivity index (χ2v) is 8.73. The lowest BCUT2D eigenvalue weighted by Gasteiger charge is -2.23. The number of hydrogen-bond donors (Lipinski definition) is 1. The molecule has 0 unspecified atom stereocenters. The molecule has 1 aliphatic rings. The van der Waals surface area contributed by atoms with Crippen LogP contribution in [0.4, 0.5) is 0 Å². The zero-order valence-electron chi connectivity index (χ0n) is 16.7. The van der Waals surface area contributed by atoms with Crippen LogP contribution in [0, 0.1) is 0 Å². The standard InChI is InChI=1S/C22H18N2O5S2/c1-3-29-21(28)17-12(2)23-22-24(18(17)15-5-4-10-30-15)19(25)16(31-22)11-13-6-8-14(9-7-13)20(26)27/h4-11,18H,3H2,1-2H3,(H,26,27)/t18-/m0/s1. The number of carbonyl (C=O) groups excluding carboxylic acids is 1. The van der Waals surface area contributed by atoms with Gasteiger partial charge in [-0.15, -0.1) is 11.3 Å². The Morgan fingerprint density at radius 2 is 2.00 bits per heavy atom. The molecule has 3 aromatic rings. The number of thiophene rings is 1. The summed E-state index contributed by atoms with van der Waals surface area (Å²) < 4.78 is 7.23. The number of fused-ring (bicyclic) bond motifs is 1. The fraction of sp³-hybridized carbons (Fsp3) is 0.182. The Bertz CT molecular complexity index is 1360. The first-order valence-corrected chi connectivity index (χ1v) is 11.2. The van der Waals surface area contributed by atoms with E-state index in [-0.39, 0.29) is 17.7 Å². The third-order valence-electron chi connectivity index (χ3n) is 4.79.